The van der Waals surface area contributed by atoms with Crippen molar-refractivity contribution in [2.24, 2.45) is 0 Å². The molecule has 0 heterocycles. The van der Waals surface area contributed by atoms with Crippen LogP contribution in [0.15, 0.2) is 54.6 Å². The summed E-state index contributed by atoms with van der Waals surface area (Å²) in [5.74, 6) is -1.34. The zero-order valence-electron chi connectivity index (χ0n) is 13.6. The summed E-state index contributed by atoms with van der Waals surface area (Å²) in [6.07, 6.45) is 0. The molecule has 0 atom stereocenters. The Labute approximate surface area is 141 Å². The van der Waals surface area contributed by atoms with Crippen LogP contribution in [0.1, 0.15) is 6.92 Å². The van der Waals surface area contributed by atoms with Crippen LogP contribution < -0.4 is 10.6 Å². The molecule has 2 aromatic carbocycles. The highest BCUT2D eigenvalue weighted by Gasteiger charge is 2.28. The van der Waals surface area contributed by atoms with E-state index in [1.807, 2.05) is 6.07 Å². The van der Waals surface area contributed by atoms with E-state index in [1.54, 1.807) is 55.5 Å². The van der Waals surface area contributed by atoms with Crippen LogP contribution in [-0.4, -0.2) is 41.5 Å². The van der Waals surface area contributed by atoms with Crippen LogP contribution in [0.5, 0.6) is 0 Å². The third-order valence-electron chi connectivity index (χ3n) is 3.59. The first-order chi connectivity index (χ1) is 11.6. The predicted octanol–water partition coefficient (Wildman–Crippen LogP) is 1.77. The molecule has 2 amide bonds. The van der Waals surface area contributed by atoms with E-state index < -0.39 is 11.8 Å². The summed E-state index contributed by atoms with van der Waals surface area (Å²) in [6, 6.07) is 15.7. The lowest BCUT2D eigenvalue weighted by molar-refractivity contribution is -0.144. The van der Waals surface area contributed by atoms with Gasteiger partial charge < -0.3 is 15.7 Å². The molecule has 0 unspecified atom stereocenters. The van der Waals surface area contributed by atoms with Gasteiger partial charge in [0.15, 0.2) is 0 Å². The summed E-state index contributed by atoms with van der Waals surface area (Å²) < 4.78 is 0. The average Bonchev–Trinajstić information content (AvgIpc) is 2.61. The molecule has 2 aromatic rings. The predicted molar refractivity (Wildman–Crippen MR) is 93.8 cm³/mol. The lowest BCUT2D eigenvalue weighted by Gasteiger charge is -2.26. The number of rotatable bonds is 5. The second-order valence-corrected chi connectivity index (χ2v) is 5.18. The van der Waals surface area contributed by atoms with Crippen molar-refractivity contribution in [3.8, 4) is 0 Å². The van der Waals surface area contributed by atoms with E-state index in [0.29, 0.717) is 23.6 Å². The van der Waals surface area contributed by atoms with Crippen molar-refractivity contribution < 1.29 is 14.7 Å². The standard InChI is InChI=1S/C18H21N3O3/c1-2-20(12-13-22)17(23)18(24)21(15-6-4-3-5-7-15)16-10-8-14(19)9-11-16/h3-11,22H,2,12-13,19H2,1H3. The maximum absolute atomic E-state index is 12.8. The summed E-state index contributed by atoms with van der Waals surface area (Å²) in [5.41, 5.74) is 7.41. The number of likely N-dealkylation sites (N-methyl/N-ethyl adjacent to an activating group) is 1. The highest BCUT2D eigenvalue weighted by atomic mass is 16.3. The molecule has 0 fully saturated rings. The van der Waals surface area contributed by atoms with Crippen molar-refractivity contribution in [2.45, 2.75) is 6.92 Å². The molecule has 0 saturated carbocycles. The molecule has 24 heavy (non-hydrogen) atoms. The molecule has 6 nitrogen and oxygen atoms in total. The fourth-order valence-corrected chi connectivity index (χ4v) is 2.34. The molecular weight excluding hydrogens is 306 g/mol. The Balaban J connectivity index is 2.40. The topological polar surface area (TPSA) is 86.9 Å². The summed E-state index contributed by atoms with van der Waals surface area (Å²) in [7, 11) is 0. The van der Waals surface area contributed by atoms with E-state index in [1.165, 1.54) is 9.80 Å². The number of benzene rings is 2. The van der Waals surface area contributed by atoms with E-state index in [4.69, 9.17) is 10.8 Å². The minimum atomic E-state index is -0.679. The van der Waals surface area contributed by atoms with Crippen LogP contribution >= 0.6 is 0 Å². The normalized spacial score (nSPS) is 10.2. The Morgan fingerprint density at radius 3 is 2.08 bits per heavy atom. The van der Waals surface area contributed by atoms with E-state index >= 15 is 0 Å². The number of nitrogen functional groups attached to an aromatic ring is 1. The Morgan fingerprint density at radius 2 is 1.54 bits per heavy atom. The van der Waals surface area contributed by atoms with Gasteiger partial charge in [-0.25, -0.2) is 0 Å². The second kappa shape index (κ2) is 8.12. The van der Waals surface area contributed by atoms with Crippen molar-refractivity contribution in [1.29, 1.82) is 0 Å². The Morgan fingerprint density at radius 1 is 0.958 bits per heavy atom. The lowest BCUT2D eigenvalue weighted by atomic mass is 10.2. The largest absolute Gasteiger partial charge is 0.399 e. The lowest BCUT2D eigenvalue weighted by Crippen LogP contribution is -2.44. The van der Waals surface area contributed by atoms with Crippen molar-refractivity contribution in [2.75, 3.05) is 30.3 Å². The van der Waals surface area contributed by atoms with Crippen LogP contribution in [0.2, 0.25) is 0 Å². The van der Waals surface area contributed by atoms with Gasteiger partial charge in [-0.3, -0.25) is 14.5 Å². The van der Waals surface area contributed by atoms with Gasteiger partial charge in [0.2, 0.25) is 0 Å². The summed E-state index contributed by atoms with van der Waals surface area (Å²) in [4.78, 5) is 28.0. The van der Waals surface area contributed by atoms with Crippen LogP contribution in [-0.2, 0) is 9.59 Å². The minimum absolute atomic E-state index is 0.117. The molecule has 0 aromatic heterocycles. The maximum Gasteiger partial charge on any atom is 0.321 e. The highest BCUT2D eigenvalue weighted by Crippen LogP contribution is 2.26. The van der Waals surface area contributed by atoms with E-state index in [-0.39, 0.29) is 13.2 Å². The fourth-order valence-electron chi connectivity index (χ4n) is 2.34. The number of nitrogens with two attached hydrogens (primary N) is 1. The fraction of sp³-hybridized carbons (Fsp3) is 0.222. The molecule has 0 saturated heterocycles. The van der Waals surface area contributed by atoms with Crippen LogP contribution in [0.3, 0.4) is 0 Å². The Bertz CT molecular complexity index is 686. The molecule has 3 N–H and O–H groups in total. The van der Waals surface area contributed by atoms with Crippen LogP contribution in [0.4, 0.5) is 17.1 Å². The molecular formula is C18H21N3O3. The summed E-state index contributed by atoms with van der Waals surface area (Å²) in [5, 5.41) is 9.07. The molecule has 0 bridgehead atoms. The number of carbonyl (C=O) groups excluding carboxylic acids is 2. The Kier molecular flexibility index (Phi) is 5.92. The molecule has 126 valence electrons. The van der Waals surface area contributed by atoms with Gasteiger partial charge >= 0.3 is 11.8 Å². The first-order valence-electron chi connectivity index (χ1n) is 7.73. The quantitative estimate of drug-likeness (QED) is 0.647. The molecule has 0 aliphatic carbocycles. The highest BCUT2D eigenvalue weighted by molar-refractivity contribution is 6.42. The van der Waals surface area contributed by atoms with E-state index in [0.717, 1.165) is 0 Å². The summed E-state index contributed by atoms with van der Waals surface area (Å²) in [6.45, 7) is 2.03. The van der Waals surface area contributed by atoms with Gasteiger partial charge in [-0.1, -0.05) is 18.2 Å². The first-order valence-corrected chi connectivity index (χ1v) is 7.73. The number of nitrogens with zero attached hydrogens (tertiary/aromatic N) is 2. The molecule has 2 rings (SSSR count). The molecule has 0 aliphatic rings. The number of carbonyl (C=O) groups is 2. The zero-order valence-corrected chi connectivity index (χ0v) is 13.6. The van der Waals surface area contributed by atoms with Gasteiger partial charge in [0.05, 0.1) is 6.61 Å². The third-order valence-corrected chi connectivity index (χ3v) is 3.59. The van der Waals surface area contributed by atoms with Gasteiger partial charge in [0.1, 0.15) is 0 Å². The van der Waals surface area contributed by atoms with Gasteiger partial charge in [-0.05, 0) is 43.3 Å². The molecule has 0 aliphatic heterocycles. The SMILES string of the molecule is CCN(CCO)C(=O)C(=O)N(c1ccccc1)c1ccc(N)cc1. The number of amides is 2. The number of aliphatic hydroxyl groups excluding tert-OH is 1. The van der Waals surface area contributed by atoms with Crippen LogP contribution in [0.25, 0.3) is 0 Å². The first kappa shape index (κ1) is 17.5. The summed E-state index contributed by atoms with van der Waals surface area (Å²) >= 11 is 0. The number of para-hydroxylation sites is 1. The molecule has 0 radical (unpaired) electrons. The number of hydrogen-bond acceptors (Lipinski definition) is 4. The number of aliphatic hydroxyl groups is 1. The minimum Gasteiger partial charge on any atom is -0.399 e. The molecule has 0 spiro atoms. The third kappa shape index (κ3) is 3.91. The maximum atomic E-state index is 12.8. The second-order valence-electron chi connectivity index (χ2n) is 5.18. The van der Waals surface area contributed by atoms with E-state index in [2.05, 4.69) is 0 Å². The van der Waals surface area contributed by atoms with Crippen molar-refractivity contribution in [3.63, 3.8) is 0 Å². The van der Waals surface area contributed by atoms with Gasteiger partial charge in [0.25, 0.3) is 0 Å². The van der Waals surface area contributed by atoms with Gasteiger partial charge in [-0.15, -0.1) is 0 Å². The van der Waals surface area contributed by atoms with Gasteiger partial charge in [-0.2, -0.15) is 0 Å². The van der Waals surface area contributed by atoms with Crippen molar-refractivity contribution in [1.82, 2.24) is 4.90 Å². The monoisotopic (exact) mass is 327 g/mol. The van der Waals surface area contributed by atoms with E-state index in [9.17, 15) is 9.59 Å². The van der Waals surface area contributed by atoms with Crippen molar-refractivity contribution in [3.05, 3.63) is 54.6 Å². The molecule has 6 heteroatoms. The Hall–Kier alpha value is -2.86. The van der Waals surface area contributed by atoms with Crippen molar-refractivity contribution >= 4 is 28.9 Å². The van der Waals surface area contributed by atoms with Gasteiger partial charge in [0, 0.05) is 30.2 Å². The number of hydrogen-bond donors (Lipinski definition) is 2. The number of anilines is 3. The van der Waals surface area contributed by atoms with Crippen LogP contribution in [0, 0.1) is 0 Å². The smallest absolute Gasteiger partial charge is 0.321 e. The average molecular weight is 327 g/mol. The zero-order chi connectivity index (χ0) is 17.5.